The summed E-state index contributed by atoms with van der Waals surface area (Å²) in [6, 6.07) is 0. The number of carboxylic acid groups (broad SMARTS) is 1. The number of hydrogen-bond acceptors (Lipinski definition) is 2. The minimum Gasteiger partial charge on any atom is -0.550 e. The SMILES string of the molecule is CC(=O)[O-].CCCCCCCCCC[NH+]1CCCCC1. The fourth-order valence-corrected chi connectivity index (χ4v) is 2.81. The van der Waals surface area contributed by atoms with Gasteiger partial charge < -0.3 is 14.8 Å². The average Bonchev–Trinajstić information content (AvgIpc) is 2.42. The molecule has 1 aliphatic heterocycles. The Morgan fingerprint density at radius 2 is 1.35 bits per heavy atom. The summed E-state index contributed by atoms with van der Waals surface area (Å²) >= 11 is 0. The molecule has 0 bridgehead atoms. The van der Waals surface area contributed by atoms with Gasteiger partial charge in [-0.1, -0.05) is 45.4 Å². The van der Waals surface area contributed by atoms with Crippen molar-refractivity contribution >= 4 is 5.97 Å². The molecule has 0 unspecified atom stereocenters. The van der Waals surface area contributed by atoms with Crippen molar-refractivity contribution in [2.45, 2.75) is 84.5 Å². The van der Waals surface area contributed by atoms with Gasteiger partial charge in [0.05, 0.1) is 19.6 Å². The van der Waals surface area contributed by atoms with Crippen molar-refractivity contribution in [3.63, 3.8) is 0 Å². The molecule has 1 saturated heterocycles. The van der Waals surface area contributed by atoms with E-state index in [2.05, 4.69) is 6.92 Å². The van der Waals surface area contributed by atoms with Crippen LogP contribution in [0.4, 0.5) is 0 Å². The van der Waals surface area contributed by atoms with Crippen molar-refractivity contribution in [2.24, 2.45) is 0 Å². The van der Waals surface area contributed by atoms with Gasteiger partial charge in [-0.15, -0.1) is 0 Å². The van der Waals surface area contributed by atoms with Crippen LogP contribution in [0.1, 0.15) is 84.5 Å². The third-order valence-electron chi connectivity index (χ3n) is 3.94. The predicted molar refractivity (Wildman–Crippen MR) is 82.7 cm³/mol. The predicted octanol–water partition coefficient (Wildman–Crippen LogP) is 1.95. The van der Waals surface area contributed by atoms with Crippen LogP contribution in [0, 0.1) is 0 Å². The van der Waals surface area contributed by atoms with Gasteiger partial charge in [-0.25, -0.2) is 0 Å². The standard InChI is InChI=1S/C15H31N.C2H4O2/c1-2-3-4-5-6-7-8-10-13-16-14-11-9-12-15-16;1-2(3)4/h2-15H2,1H3;1H3,(H,3,4). The highest BCUT2D eigenvalue weighted by molar-refractivity contribution is 5.60. The average molecular weight is 285 g/mol. The van der Waals surface area contributed by atoms with Crippen LogP contribution in [0.3, 0.4) is 0 Å². The molecular weight excluding hydrogens is 250 g/mol. The Morgan fingerprint density at radius 3 is 1.85 bits per heavy atom. The molecule has 3 heteroatoms. The Labute approximate surface area is 125 Å². The van der Waals surface area contributed by atoms with Gasteiger partial charge in [-0.2, -0.15) is 0 Å². The maximum atomic E-state index is 8.89. The molecular formula is C17H35NO2. The Morgan fingerprint density at radius 1 is 0.900 bits per heavy atom. The van der Waals surface area contributed by atoms with E-state index >= 15 is 0 Å². The number of carboxylic acids is 1. The second kappa shape index (κ2) is 14.8. The van der Waals surface area contributed by atoms with Crippen LogP contribution in [0.15, 0.2) is 0 Å². The lowest BCUT2D eigenvalue weighted by molar-refractivity contribution is -0.905. The second-order valence-corrected chi connectivity index (χ2v) is 6.03. The number of aliphatic carboxylic acids is 1. The maximum Gasteiger partial charge on any atom is 0.0770 e. The summed E-state index contributed by atoms with van der Waals surface area (Å²) in [5.41, 5.74) is 0. The van der Waals surface area contributed by atoms with Gasteiger partial charge in [-0.05, 0) is 39.0 Å². The maximum absolute atomic E-state index is 8.89. The van der Waals surface area contributed by atoms with Crippen LogP contribution in [0.5, 0.6) is 0 Å². The minimum absolute atomic E-state index is 0.972. The Hall–Kier alpha value is -0.570. The first-order valence-electron chi connectivity index (χ1n) is 8.68. The molecule has 0 amide bonds. The Kier molecular flexibility index (Phi) is 14.4. The summed E-state index contributed by atoms with van der Waals surface area (Å²) in [4.78, 5) is 10.8. The molecule has 0 saturated carbocycles. The first kappa shape index (κ1) is 19.4. The number of quaternary nitrogens is 1. The highest BCUT2D eigenvalue weighted by Gasteiger charge is 2.11. The van der Waals surface area contributed by atoms with E-state index in [-0.39, 0.29) is 0 Å². The van der Waals surface area contributed by atoms with E-state index in [1.807, 2.05) is 4.90 Å². The summed E-state index contributed by atoms with van der Waals surface area (Å²) in [7, 11) is 0. The summed E-state index contributed by atoms with van der Waals surface area (Å²) in [6.45, 7) is 7.63. The fourth-order valence-electron chi connectivity index (χ4n) is 2.81. The van der Waals surface area contributed by atoms with E-state index in [1.165, 1.54) is 90.3 Å². The number of carbonyl (C=O) groups is 1. The summed E-state index contributed by atoms with van der Waals surface area (Å²) in [6.07, 6.45) is 16.1. The zero-order valence-electron chi connectivity index (χ0n) is 13.7. The fraction of sp³-hybridized carbons (Fsp3) is 0.941. The molecule has 0 radical (unpaired) electrons. The van der Waals surface area contributed by atoms with Crippen LogP contribution in [-0.4, -0.2) is 25.6 Å². The highest BCUT2D eigenvalue weighted by Crippen LogP contribution is 2.07. The first-order chi connectivity index (χ1) is 9.66. The van der Waals surface area contributed by atoms with Crippen LogP contribution < -0.4 is 10.0 Å². The van der Waals surface area contributed by atoms with E-state index in [4.69, 9.17) is 9.90 Å². The molecule has 0 atom stereocenters. The highest BCUT2D eigenvalue weighted by atomic mass is 16.4. The molecule has 1 N–H and O–H groups in total. The van der Waals surface area contributed by atoms with E-state index < -0.39 is 5.97 Å². The third kappa shape index (κ3) is 15.5. The van der Waals surface area contributed by atoms with Crippen LogP contribution >= 0.6 is 0 Å². The largest absolute Gasteiger partial charge is 0.550 e. The Bertz CT molecular complexity index is 209. The van der Waals surface area contributed by atoms with Gasteiger partial charge in [0, 0.05) is 5.97 Å². The van der Waals surface area contributed by atoms with Crippen LogP contribution in [0.2, 0.25) is 0 Å². The van der Waals surface area contributed by atoms with E-state index in [0.717, 1.165) is 6.92 Å². The quantitative estimate of drug-likeness (QED) is 0.658. The molecule has 1 heterocycles. The molecule has 1 fully saturated rings. The van der Waals surface area contributed by atoms with Gasteiger partial charge >= 0.3 is 0 Å². The lowest BCUT2D eigenvalue weighted by atomic mass is 10.1. The van der Waals surface area contributed by atoms with Crippen molar-refractivity contribution < 1.29 is 14.8 Å². The molecule has 0 aromatic carbocycles. The van der Waals surface area contributed by atoms with E-state index in [1.54, 1.807) is 0 Å². The van der Waals surface area contributed by atoms with Crippen molar-refractivity contribution in [3.8, 4) is 0 Å². The monoisotopic (exact) mass is 285 g/mol. The van der Waals surface area contributed by atoms with Crippen LogP contribution in [-0.2, 0) is 4.79 Å². The normalized spacial score (nSPS) is 15.5. The minimum atomic E-state index is -1.08. The van der Waals surface area contributed by atoms with Crippen molar-refractivity contribution in [2.75, 3.05) is 19.6 Å². The molecule has 1 rings (SSSR count). The molecule has 120 valence electrons. The van der Waals surface area contributed by atoms with Crippen molar-refractivity contribution in [3.05, 3.63) is 0 Å². The number of nitrogens with one attached hydrogen (secondary N) is 1. The lowest BCUT2D eigenvalue weighted by Gasteiger charge is -2.23. The van der Waals surface area contributed by atoms with E-state index in [0.29, 0.717) is 0 Å². The smallest absolute Gasteiger partial charge is 0.0770 e. The number of hydrogen-bond donors (Lipinski definition) is 1. The van der Waals surface area contributed by atoms with Gasteiger partial charge in [0.2, 0.25) is 0 Å². The van der Waals surface area contributed by atoms with E-state index in [9.17, 15) is 0 Å². The molecule has 0 aromatic heterocycles. The molecule has 0 spiro atoms. The first-order valence-corrected chi connectivity index (χ1v) is 8.68. The molecule has 1 aliphatic rings. The summed E-state index contributed by atoms with van der Waals surface area (Å²) in [5.74, 6) is -1.08. The third-order valence-corrected chi connectivity index (χ3v) is 3.94. The summed E-state index contributed by atoms with van der Waals surface area (Å²) < 4.78 is 0. The van der Waals surface area contributed by atoms with Gasteiger partial charge in [0.15, 0.2) is 0 Å². The Balaban J connectivity index is 0.000000796. The van der Waals surface area contributed by atoms with Crippen molar-refractivity contribution in [1.29, 1.82) is 0 Å². The second-order valence-electron chi connectivity index (χ2n) is 6.03. The number of carbonyl (C=O) groups excluding carboxylic acids is 1. The van der Waals surface area contributed by atoms with Crippen molar-refractivity contribution in [1.82, 2.24) is 0 Å². The zero-order valence-corrected chi connectivity index (χ0v) is 13.7. The van der Waals surface area contributed by atoms with Crippen LogP contribution in [0.25, 0.3) is 0 Å². The molecule has 0 aliphatic carbocycles. The number of likely N-dealkylation sites (tertiary alicyclic amines) is 1. The van der Waals surface area contributed by atoms with Gasteiger partial charge in [0.1, 0.15) is 0 Å². The van der Waals surface area contributed by atoms with Gasteiger partial charge in [-0.3, -0.25) is 0 Å². The number of rotatable bonds is 9. The molecule has 20 heavy (non-hydrogen) atoms. The summed E-state index contributed by atoms with van der Waals surface area (Å²) in [5, 5.41) is 8.89. The zero-order chi connectivity index (χ0) is 15.1. The lowest BCUT2D eigenvalue weighted by Crippen LogP contribution is -3.12. The van der Waals surface area contributed by atoms with Gasteiger partial charge in [0.25, 0.3) is 0 Å². The number of piperidine rings is 1. The topological polar surface area (TPSA) is 44.6 Å². The molecule has 0 aromatic rings. The molecule has 3 nitrogen and oxygen atoms in total. The number of unbranched alkanes of at least 4 members (excludes halogenated alkanes) is 7.